The Labute approximate surface area is 172 Å². The van der Waals surface area contributed by atoms with Crippen molar-refractivity contribution >= 4 is 11.7 Å². The molecule has 1 amide bonds. The van der Waals surface area contributed by atoms with Gasteiger partial charge >= 0.3 is 0 Å². The summed E-state index contributed by atoms with van der Waals surface area (Å²) >= 11 is 0. The van der Waals surface area contributed by atoms with Gasteiger partial charge in [-0.2, -0.15) is 0 Å². The first-order valence-electron chi connectivity index (χ1n) is 9.70. The van der Waals surface area contributed by atoms with E-state index >= 15 is 0 Å². The van der Waals surface area contributed by atoms with Crippen LogP contribution in [0.5, 0.6) is 5.75 Å². The van der Waals surface area contributed by atoms with E-state index in [9.17, 15) is 14.4 Å². The highest BCUT2D eigenvalue weighted by atomic mass is 16.5. The molecular weight excluding hydrogens is 384 g/mol. The highest BCUT2D eigenvalue weighted by molar-refractivity contribution is 6.01. The lowest BCUT2D eigenvalue weighted by Crippen LogP contribution is -2.35. The molecule has 30 heavy (non-hydrogen) atoms. The molecule has 2 heterocycles. The zero-order chi connectivity index (χ0) is 21.3. The number of imidazole rings is 1. The number of methoxy groups -OCH3 is 1. The monoisotopic (exact) mass is 406 g/mol. The first-order chi connectivity index (χ1) is 14.5. The Hall–Kier alpha value is -3.68. The maximum atomic E-state index is 13.1. The van der Waals surface area contributed by atoms with Crippen LogP contribution in [0.2, 0.25) is 0 Å². The molecule has 0 aliphatic heterocycles. The number of ether oxygens (including phenoxy) is 1. The number of carbonyl (C=O) groups is 2. The third-order valence-electron chi connectivity index (χ3n) is 5.34. The molecule has 1 aliphatic rings. The minimum atomic E-state index is -0.653. The molecule has 1 aliphatic carbocycles. The summed E-state index contributed by atoms with van der Waals surface area (Å²) in [6, 6.07) is 8.05. The number of nitrogens with one attached hydrogen (secondary N) is 2. The van der Waals surface area contributed by atoms with Crippen molar-refractivity contribution in [1.29, 1.82) is 0 Å². The second-order valence-electron chi connectivity index (χ2n) is 7.23. The Morgan fingerprint density at radius 2 is 2.07 bits per heavy atom. The van der Waals surface area contributed by atoms with Crippen LogP contribution < -0.4 is 15.6 Å². The van der Waals surface area contributed by atoms with E-state index in [1.165, 1.54) is 6.07 Å². The Bertz CT molecular complexity index is 1180. The fourth-order valence-electron chi connectivity index (χ4n) is 3.79. The van der Waals surface area contributed by atoms with Gasteiger partial charge in [-0.25, -0.2) is 4.98 Å². The molecule has 8 heteroatoms. The number of carbonyl (C=O) groups excluding carboxylic acids is 2. The van der Waals surface area contributed by atoms with E-state index in [1.807, 2.05) is 25.2 Å². The van der Waals surface area contributed by atoms with E-state index in [0.717, 1.165) is 0 Å². The maximum absolute atomic E-state index is 13.1. The third kappa shape index (κ3) is 3.52. The normalized spacial score (nSPS) is 14.1. The average molecular weight is 406 g/mol. The lowest BCUT2D eigenvalue weighted by atomic mass is 9.93. The molecule has 4 rings (SSSR count). The lowest BCUT2D eigenvalue weighted by Gasteiger charge is -2.21. The van der Waals surface area contributed by atoms with Gasteiger partial charge < -0.3 is 19.6 Å². The molecule has 0 spiro atoms. The molecule has 3 aromatic rings. The Balaban J connectivity index is 1.75. The van der Waals surface area contributed by atoms with Crippen molar-refractivity contribution in [3.63, 3.8) is 0 Å². The number of aromatic nitrogens is 3. The number of ketones is 1. The summed E-state index contributed by atoms with van der Waals surface area (Å²) in [5.41, 5.74) is 1.10. The fourth-order valence-corrected chi connectivity index (χ4v) is 3.79. The summed E-state index contributed by atoms with van der Waals surface area (Å²) in [5.74, 6) is 0.516. The minimum Gasteiger partial charge on any atom is -0.496 e. The van der Waals surface area contributed by atoms with Gasteiger partial charge in [0.2, 0.25) is 0 Å². The Morgan fingerprint density at radius 3 is 2.80 bits per heavy atom. The van der Waals surface area contributed by atoms with Gasteiger partial charge in [-0.1, -0.05) is 18.2 Å². The molecule has 1 atom stereocenters. The number of para-hydroxylation sites is 1. The van der Waals surface area contributed by atoms with Crippen LogP contribution in [0.3, 0.4) is 0 Å². The Morgan fingerprint density at radius 1 is 1.27 bits per heavy atom. The van der Waals surface area contributed by atoms with Gasteiger partial charge in [-0.3, -0.25) is 14.4 Å². The number of pyridine rings is 1. The zero-order valence-corrected chi connectivity index (χ0v) is 16.8. The summed E-state index contributed by atoms with van der Waals surface area (Å²) in [6.45, 7) is 0. The van der Waals surface area contributed by atoms with Gasteiger partial charge in [0.15, 0.2) is 5.78 Å². The standard InChI is InChI=1S/C22H22N4O4/c1-26-11-10-23-20(26)19(13-6-3-4-9-18(13)30-2)25-22(29)15-12-14-16(24-21(15)28)7-5-8-17(14)27/h3-4,6,9-12,19H,5,7-8H2,1-2H3,(H,24,28)(H,25,29)/t19-/m1/s1. The summed E-state index contributed by atoms with van der Waals surface area (Å²) in [5, 5.41) is 2.90. The van der Waals surface area contributed by atoms with Gasteiger partial charge in [0.25, 0.3) is 11.5 Å². The van der Waals surface area contributed by atoms with Crippen LogP contribution in [0.4, 0.5) is 0 Å². The third-order valence-corrected chi connectivity index (χ3v) is 5.34. The van der Waals surface area contributed by atoms with Crippen molar-refractivity contribution in [3.8, 4) is 5.75 Å². The van der Waals surface area contributed by atoms with E-state index in [1.54, 1.807) is 30.1 Å². The van der Waals surface area contributed by atoms with Crippen LogP contribution in [0.15, 0.2) is 47.5 Å². The molecule has 0 saturated heterocycles. The average Bonchev–Trinajstić information content (AvgIpc) is 3.17. The number of amides is 1. The van der Waals surface area contributed by atoms with E-state index in [2.05, 4.69) is 15.3 Å². The number of hydrogen-bond donors (Lipinski definition) is 2. The first kappa shape index (κ1) is 19.6. The number of Topliss-reactive ketones (excluding diaryl/α,β-unsaturated/α-hetero) is 1. The van der Waals surface area contributed by atoms with Crippen LogP contribution >= 0.6 is 0 Å². The van der Waals surface area contributed by atoms with Crippen molar-refractivity contribution in [2.75, 3.05) is 7.11 Å². The van der Waals surface area contributed by atoms with Crippen molar-refractivity contribution in [2.24, 2.45) is 7.05 Å². The number of rotatable bonds is 5. The molecule has 154 valence electrons. The highest BCUT2D eigenvalue weighted by Gasteiger charge is 2.27. The summed E-state index contributed by atoms with van der Waals surface area (Å²) < 4.78 is 7.25. The molecule has 2 aromatic heterocycles. The van der Waals surface area contributed by atoms with Crippen molar-refractivity contribution in [2.45, 2.75) is 25.3 Å². The number of aryl methyl sites for hydroxylation is 2. The Kier molecular flexibility index (Phi) is 5.22. The second-order valence-corrected chi connectivity index (χ2v) is 7.23. The smallest absolute Gasteiger partial charge is 0.261 e. The number of benzene rings is 1. The number of nitrogens with zero attached hydrogens (tertiary/aromatic N) is 2. The maximum Gasteiger partial charge on any atom is 0.261 e. The second kappa shape index (κ2) is 7.98. The zero-order valence-electron chi connectivity index (χ0n) is 16.8. The highest BCUT2D eigenvalue weighted by Crippen LogP contribution is 2.29. The van der Waals surface area contributed by atoms with E-state index < -0.39 is 17.5 Å². The van der Waals surface area contributed by atoms with E-state index in [4.69, 9.17) is 4.74 Å². The molecule has 0 unspecified atom stereocenters. The minimum absolute atomic E-state index is 0.0630. The summed E-state index contributed by atoms with van der Waals surface area (Å²) in [4.78, 5) is 45.0. The molecule has 8 nitrogen and oxygen atoms in total. The number of H-pyrrole nitrogens is 1. The number of aromatic amines is 1. The van der Waals surface area contributed by atoms with Crippen molar-refractivity contribution in [1.82, 2.24) is 19.9 Å². The van der Waals surface area contributed by atoms with Crippen molar-refractivity contribution in [3.05, 3.63) is 81.3 Å². The first-order valence-corrected chi connectivity index (χ1v) is 9.70. The quantitative estimate of drug-likeness (QED) is 0.675. The predicted octanol–water partition coefficient (Wildman–Crippen LogP) is 2.16. The van der Waals surface area contributed by atoms with E-state index in [0.29, 0.717) is 47.7 Å². The van der Waals surface area contributed by atoms with Gasteiger partial charge in [0, 0.05) is 42.7 Å². The van der Waals surface area contributed by atoms with E-state index in [-0.39, 0.29) is 11.3 Å². The lowest BCUT2D eigenvalue weighted by molar-refractivity contribution is 0.0939. The molecular formula is C22H22N4O4. The van der Waals surface area contributed by atoms with Gasteiger partial charge in [0.05, 0.1) is 7.11 Å². The van der Waals surface area contributed by atoms with Crippen LogP contribution in [-0.4, -0.2) is 33.3 Å². The summed E-state index contributed by atoms with van der Waals surface area (Å²) in [6.07, 6.45) is 5.14. The topological polar surface area (TPSA) is 106 Å². The molecule has 1 aromatic carbocycles. The van der Waals surface area contributed by atoms with Crippen LogP contribution in [0.1, 0.15) is 56.7 Å². The molecule has 0 fully saturated rings. The molecule has 2 N–H and O–H groups in total. The predicted molar refractivity (Wildman–Crippen MR) is 110 cm³/mol. The summed E-state index contributed by atoms with van der Waals surface area (Å²) in [7, 11) is 3.37. The fraction of sp³-hybridized carbons (Fsp3) is 0.273. The van der Waals surface area contributed by atoms with Crippen LogP contribution in [-0.2, 0) is 13.5 Å². The van der Waals surface area contributed by atoms with Gasteiger partial charge in [-0.05, 0) is 25.0 Å². The van der Waals surface area contributed by atoms with Crippen LogP contribution in [0.25, 0.3) is 0 Å². The van der Waals surface area contributed by atoms with Gasteiger partial charge in [-0.15, -0.1) is 0 Å². The number of fused-ring (bicyclic) bond motifs is 1. The number of hydrogen-bond acceptors (Lipinski definition) is 5. The SMILES string of the molecule is COc1ccccc1[C@@H](NC(=O)c1cc2c([nH]c1=O)CCCC2=O)c1nccn1C. The molecule has 0 radical (unpaired) electrons. The van der Waals surface area contributed by atoms with Gasteiger partial charge in [0.1, 0.15) is 23.2 Å². The van der Waals surface area contributed by atoms with Crippen LogP contribution in [0, 0.1) is 0 Å². The van der Waals surface area contributed by atoms with Crippen molar-refractivity contribution < 1.29 is 14.3 Å². The molecule has 0 bridgehead atoms. The largest absolute Gasteiger partial charge is 0.496 e. The molecule has 0 saturated carbocycles.